The molecule has 1 unspecified atom stereocenters. The quantitative estimate of drug-likeness (QED) is 0.844. The van der Waals surface area contributed by atoms with Crippen LogP contribution in [0, 0.1) is 19.8 Å². The van der Waals surface area contributed by atoms with Crippen LogP contribution < -0.4 is 5.73 Å². The maximum Gasteiger partial charge on any atom is 0.253 e. The highest BCUT2D eigenvalue weighted by molar-refractivity contribution is 5.94. The molecule has 0 aromatic heterocycles. The third kappa shape index (κ3) is 2.50. The molecule has 1 atom stereocenters. The monoisotopic (exact) mass is 232 g/mol. The van der Waals surface area contributed by atoms with Crippen LogP contribution in [0.3, 0.4) is 0 Å². The summed E-state index contributed by atoms with van der Waals surface area (Å²) in [5.41, 5.74) is 8.83. The molecule has 1 heterocycles. The summed E-state index contributed by atoms with van der Waals surface area (Å²) in [6.07, 6.45) is 1.03. The van der Waals surface area contributed by atoms with Gasteiger partial charge in [0.1, 0.15) is 0 Å². The largest absolute Gasteiger partial charge is 0.338 e. The van der Waals surface area contributed by atoms with E-state index in [9.17, 15) is 4.79 Å². The van der Waals surface area contributed by atoms with Gasteiger partial charge in [-0.2, -0.15) is 0 Å². The Balaban J connectivity index is 2.12. The summed E-state index contributed by atoms with van der Waals surface area (Å²) in [6, 6.07) is 5.91. The van der Waals surface area contributed by atoms with Crippen molar-refractivity contribution in [2.45, 2.75) is 20.3 Å². The van der Waals surface area contributed by atoms with Gasteiger partial charge < -0.3 is 10.6 Å². The van der Waals surface area contributed by atoms with E-state index in [2.05, 4.69) is 6.92 Å². The Morgan fingerprint density at radius 1 is 1.41 bits per heavy atom. The predicted octanol–water partition coefficient (Wildman–Crippen LogP) is 1.72. The molecule has 0 spiro atoms. The Bertz CT molecular complexity index is 428. The number of benzene rings is 1. The topological polar surface area (TPSA) is 46.3 Å². The molecule has 0 saturated carbocycles. The first-order chi connectivity index (χ1) is 8.11. The number of rotatable bonds is 2. The maximum absolute atomic E-state index is 12.3. The number of aryl methyl sites for hydroxylation is 2. The molecule has 0 bridgehead atoms. The Hall–Kier alpha value is -1.35. The smallest absolute Gasteiger partial charge is 0.253 e. The fourth-order valence-corrected chi connectivity index (χ4v) is 2.27. The molecule has 1 aromatic rings. The van der Waals surface area contributed by atoms with Crippen LogP contribution in [-0.2, 0) is 0 Å². The zero-order valence-electron chi connectivity index (χ0n) is 10.6. The summed E-state index contributed by atoms with van der Waals surface area (Å²) in [4.78, 5) is 14.2. The number of nitrogens with zero attached hydrogens (tertiary/aromatic N) is 1. The van der Waals surface area contributed by atoms with Crippen molar-refractivity contribution in [3.05, 3.63) is 34.9 Å². The summed E-state index contributed by atoms with van der Waals surface area (Å²) in [5, 5.41) is 0. The molecule has 0 aliphatic carbocycles. The lowest BCUT2D eigenvalue weighted by Gasteiger charge is -2.17. The van der Waals surface area contributed by atoms with Gasteiger partial charge in [0.05, 0.1) is 0 Å². The number of likely N-dealkylation sites (tertiary alicyclic amines) is 1. The van der Waals surface area contributed by atoms with Gasteiger partial charge in [0.15, 0.2) is 0 Å². The second kappa shape index (κ2) is 4.88. The van der Waals surface area contributed by atoms with Crippen LogP contribution in [0.1, 0.15) is 27.9 Å². The van der Waals surface area contributed by atoms with Crippen molar-refractivity contribution >= 4 is 5.91 Å². The van der Waals surface area contributed by atoms with Gasteiger partial charge in [0.2, 0.25) is 0 Å². The fraction of sp³-hybridized carbons (Fsp3) is 0.500. The molecule has 1 saturated heterocycles. The van der Waals surface area contributed by atoms with Crippen molar-refractivity contribution in [1.82, 2.24) is 4.90 Å². The van der Waals surface area contributed by atoms with E-state index in [1.54, 1.807) is 0 Å². The molecular formula is C14H20N2O. The number of nitrogens with two attached hydrogens (primary N) is 1. The molecular weight excluding hydrogens is 212 g/mol. The van der Waals surface area contributed by atoms with E-state index in [4.69, 9.17) is 5.73 Å². The Kier molecular flexibility index (Phi) is 3.48. The molecule has 1 aliphatic rings. The number of hydrogen-bond donors (Lipinski definition) is 1. The summed E-state index contributed by atoms with van der Waals surface area (Å²) < 4.78 is 0. The highest BCUT2D eigenvalue weighted by Gasteiger charge is 2.25. The average Bonchev–Trinajstić information content (AvgIpc) is 2.80. The van der Waals surface area contributed by atoms with E-state index in [0.29, 0.717) is 12.5 Å². The number of carbonyl (C=O) groups is 1. The summed E-state index contributed by atoms with van der Waals surface area (Å²) >= 11 is 0. The van der Waals surface area contributed by atoms with Crippen LogP contribution in [0.5, 0.6) is 0 Å². The van der Waals surface area contributed by atoms with Gasteiger partial charge in [-0.3, -0.25) is 4.79 Å². The fourth-order valence-electron chi connectivity index (χ4n) is 2.27. The van der Waals surface area contributed by atoms with Gasteiger partial charge in [-0.05, 0) is 56.0 Å². The third-order valence-electron chi connectivity index (χ3n) is 3.66. The zero-order chi connectivity index (χ0) is 12.4. The zero-order valence-corrected chi connectivity index (χ0v) is 10.6. The van der Waals surface area contributed by atoms with E-state index in [1.807, 2.05) is 30.0 Å². The van der Waals surface area contributed by atoms with E-state index < -0.39 is 0 Å². The van der Waals surface area contributed by atoms with Gasteiger partial charge in [-0.1, -0.05) is 6.07 Å². The normalized spacial score (nSPS) is 19.7. The van der Waals surface area contributed by atoms with Gasteiger partial charge in [0.25, 0.3) is 5.91 Å². The minimum atomic E-state index is 0.143. The molecule has 1 fully saturated rings. The van der Waals surface area contributed by atoms with Gasteiger partial charge in [0, 0.05) is 18.7 Å². The molecule has 0 radical (unpaired) electrons. The molecule has 1 amide bonds. The SMILES string of the molecule is Cc1ccc(C(=O)N2CCC(CN)C2)cc1C. The standard InChI is InChI=1S/C14H20N2O/c1-10-3-4-13(7-11(10)2)14(17)16-6-5-12(8-15)9-16/h3-4,7,12H,5-6,8-9,15H2,1-2H3. The lowest BCUT2D eigenvalue weighted by molar-refractivity contribution is 0.0787. The van der Waals surface area contributed by atoms with Gasteiger partial charge in [-0.15, -0.1) is 0 Å². The number of carbonyl (C=O) groups excluding carboxylic acids is 1. The Morgan fingerprint density at radius 3 is 2.76 bits per heavy atom. The van der Waals surface area contributed by atoms with Crippen molar-refractivity contribution < 1.29 is 4.79 Å². The third-order valence-corrected chi connectivity index (χ3v) is 3.66. The van der Waals surface area contributed by atoms with E-state index >= 15 is 0 Å². The number of amides is 1. The first-order valence-corrected chi connectivity index (χ1v) is 6.18. The lowest BCUT2D eigenvalue weighted by Crippen LogP contribution is -2.29. The Labute approximate surface area is 103 Å². The van der Waals surface area contributed by atoms with Crippen molar-refractivity contribution in [2.75, 3.05) is 19.6 Å². The second-order valence-electron chi connectivity index (χ2n) is 4.94. The van der Waals surface area contributed by atoms with Crippen LogP contribution in [0.4, 0.5) is 0 Å². The van der Waals surface area contributed by atoms with E-state index in [0.717, 1.165) is 25.1 Å². The lowest BCUT2D eigenvalue weighted by atomic mass is 10.1. The van der Waals surface area contributed by atoms with Crippen molar-refractivity contribution in [3.8, 4) is 0 Å². The Morgan fingerprint density at radius 2 is 2.18 bits per heavy atom. The van der Waals surface area contributed by atoms with Crippen molar-refractivity contribution in [1.29, 1.82) is 0 Å². The maximum atomic E-state index is 12.3. The molecule has 92 valence electrons. The number of hydrogen-bond acceptors (Lipinski definition) is 2. The minimum absolute atomic E-state index is 0.143. The first-order valence-electron chi connectivity index (χ1n) is 6.18. The minimum Gasteiger partial charge on any atom is -0.338 e. The molecule has 2 N–H and O–H groups in total. The summed E-state index contributed by atoms with van der Waals surface area (Å²) in [5.74, 6) is 0.620. The van der Waals surface area contributed by atoms with Crippen LogP contribution in [0.25, 0.3) is 0 Å². The summed E-state index contributed by atoms with van der Waals surface area (Å²) in [7, 11) is 0. The highest BCUT2D eigenvalue weighted by atomic mass is 16.2. The predicted molar refractivity (Wildman–Crippen MR) is 69.0 cm³/mol. The van der Waals surface area contributed by atoms with Gasteiger partial charge in [-0.25, -0.2) is 0 Å². The van der Waals surface area contributed by atoms with Crippen molar-refractivity contribution in [2.24, 2.45) is 11.7 Å². The van der Waals surface area contributed by atoms with Crippen LogP contribution >= 0.6 is 0 Å². The molecule has 3 heteroatoms. The molecule has 1 aromatic carbocycles. The molecule has 17 heavy (non-hydrogen) atoms. The molecule has 2 rings (SSSR count). The summed E-state index contributed by atoms with van der Waals surface area (Å²) in [6.45, 7) is 6.43. The van der Waals surface area contributed by atoms with E-state index in [-0.39, 0.29) is 5.91 Å². The van der Waals surface area contributed by atoms with Crippen LogP contribution in [0.2, 0.25) is 0 Å². The van der Waals surface area contributed by atoms with Crippen molar-refractivity contribution in [3.63, 3.8) is 0 Å². The van der Waals surface area contributed by atoms with Crippen LogP contribution in [0.15, 0.2) is 18.2 Å². The molecule has 1 aliphatic heterocycles. The average molecular weight is 232 g/mol. The second-order valence-corrected chi connectivity index (χ2v) is 4.94. The molecule has 3 nitrogen and oxygen atoms in total. The van der Waals surface area contributed by atoms with Crippen LogP contribution in [-0.4, -0.2) is 30.4 Å². The highest BCUT2D eigenvalue weighted by Crippen LogP contribution is 2.19. The van der Waals surface area contributed by atoms with E-state index in [1.165, 1.54) is 11.1 Å². The van der Waals surface area contributed by atoms with Gasteiger partial charge >= 0.3 is 0 Å². The first kappa shape index (κ1) is 12.1.